The summed E-state index contributed by atoms with van der Waals surface area (Å²) in [6.07, 6.45) is 1.37. The standard InChI is InChI=1S/C11H23N3O/c1-5-7-13-9(15)6-8-14-10(12)11(2,3)4/h5-8H2,1-4H3,(H2,12,14)(H,13,15). The molecule has 1 amide bonds. The van der Waals surface area contributed by atoms with Crippen LogP contribution in [0.2, 0.25) is 0 Å². The molecule has 0 rings (SSSR count). The first-order chi connectivity index (χ1) is 6.88. The summed E-state index contributed by atoms with van der Waals surface area (Å²) in [7, 11) is 0. The molecule has 0 saturated carbocycles. The average molecular weight is 213 g/mol. The molecule has 0 aromatic rings. The Morgan fingerprint density at radius 3 is 2.47 bits per heavy atom. The van der Waals surface area contributed by atoms with Gasteiger partial charge in [0.2, 0.25) is 5.91 Å². The zero-order valence-corrected chi connectivity index (χ0v) is 10.3. The molecule has 0 aromatic carbocycles. The van der Waals surface area contributed by atoms with Gasteiger partial charge in [0.15, 0.2) is 0 Å². The lowest BCUT2D eigenvalue weighted by Crippen LogP contribution is -2.30. The second-order valence-electron chi connectivity index (χ2n) is 4.62. The monoisotopic (exact) mass is 213 g/mol. The van der Waals surface area contributed by atoms with Gasteiger partial charge in [-0.1, -0.05) is 27.7 Å². The van der Waals surface area contributed by atoms with Crippen molar-refractivity contribution in [3.8, 4) is 0 Å². The first-order valence-corrected chi connectivity index (χ1v) is 5.45. The molecule has 4 nitrogen and oxygen atoms in total. The van der Waals surface area contributed by atoms with Gasteiger partial charge in [-0.3, -0.25) is 9.79 Å². The van der Waals surface area contributed by atoms with E-state index in [9.17, 15) is 4.79 Å². The topological polar surface area (TPSA) is 67.5 Å². The summed E-state index contributed by atoms with van der Waals surface area (Å²) in [6.45, 7) is 9.24. The van der Waals surface area contributed by atoms with E-state index < -0.39 is 0 Å². The minimum atomic E-state index is -0.111. The molecule has 0 aliphatic rings. The molecule has 0 aromatic heterocycles. The van der Waals surface area contributed by atoms with Crippen molar-refractivity contribution in [3.05, 3.63) is 0 Å². The second-order valence-corrected chi connectivity index (χ2v) is 4.62. The number of carbonyl (C=O) groups is 1. The highest BCUT2D eigenvalue weighted by Gasteiger charge is 2.14. The number of nitrogens with zero attached hydrogens (tertiary/aromatic N) is 1. The van der Waals surface area contributed by atoms with Crippen LogP contribution < -0.4 is 11.1 Å². The fourth-order valence-electron chi connectivity index (χ4n) is 0.868. The van der Waals surface area contributed by atoms with Gasteiger partial charge in [-0.2, -0.15) is 0 Å². The largest absolute Gasteiger partial charge is 0.387 e. The normalized spacial score (nSPS) is 12.7. The Morgan fingerprint density at radius 2 is 2.00 bits per heavy atom. The van der Waals surface area contributed by atoms with Gasteiger partial charge in [-0.15, -0.1) is 0 Å². The van der Waals surface area contributed by atoms with E-state index in [1.165, 1.54) is 0 Å². The third-order valence-electron chi connectivity index (χ3n) is 1.96. The van der Waals surface area contributed by atoms with Gasteiger partial charge in [0.1, 0.15) is 0 Å². The molecule has 15 heavy (non-hydrogen) atoms. The Balaban J connectivity index is 3.83. The van der Waals surface area contributed by atoms with Crippen LogP contribution in [0.3, 0.4) is 0 Å². The van der Waals surface area contributed by atoms with Crippen molar-refractivity contribution < 1.29 is 4.79 Å². The summed E-state index contributed by atoms with van der Waals surface area (Å²) >= 11 is 0. The molecule has 0 spiro atoms. The number of hydrogen-bond donors (Lipinski definition) is 2. The van der Waals surface area contributed by atoms with Crippen molar-refractivity contribution in [2.45, 2.75) is 40.5 Å². The first-order valence-electron chi connectivity index (χ1n) is 5.45. The number of hydrogen-bond acceptors (Lipinski definition) is 2. The second kappa shape index (κ2) is 6.43. The molecule has 0 unspecified atom stereocenters. The van der Waals surface area contributed by atoms with Crippen LogP contribution in [0.4, 0.5) is 0 Å². The number of nitrogens with two attached hydrogens (primary N) is 1. The van der Waals surface area contributed by atoms with Crippen LogP contribution in [-0.2, 0) is 4.79 Å². The summed E-state index contributed by atoms with van der Waals surface area (Å²) in [5.41, 5.74) is 5.64. The molecule has 88 valence electrons. The average Bonchev–Trinajstić information content (AvgIpc) is 2.13. The molecule has 0 aliphatic heterocycles. The molecule has 0 saturated heterocycles. The Hall–Kier alpha value is -1.06. The number of amides is 1. The van der Waals surface area contributed by atoms with E-state index in [2.05, 4.69) is 10.3 Å². The number of amidine groups is 1. The molecule has 3 N–H and O–H groups in total. The van der Waals surface area contributed by atoms with Crippen molar-refractivity contribution in [2.24, 2.45) is 16.1 Å². The minimum absolute atomic E-state index is 0.0438. The summed E-state index contributed by atoms with van der Waals surface area (Å²) in [4.78, 5) is 15.4. The van der Waals surface area contributed by atoms with E-state index in [1.807, 2.05) is 27.7 Å². The highest BCUT2D eigenvalue weighted by molar-refractivity contribution is 5.85. The van der Waals surface area contributed by atoms with Crippen LogP contribution in [0.1, 0.15) is 40.5 Å². The minimum Gasteiger partial charge on any atom is -0.387 e. The van der Waals surface area contributed by atoms with Gasteiger partial charge in [0, 0.05) is 24.9 Å². The van der Waals surface area contributed by atoms with Crippen molar-refractivity contribution in [1.82, 2.24) is 5.32 Å². The van der Waals surface area contributed by atoms with E-state index in [0.29, 0.717) is 18.8 Å². The van der Waals surface area contributed by atoms with Gasteiger partial charge < -0.3 is 11.1 Å². The molecule has 0 heterocycles. The van der Waals surface area contributed by atoms with Crippen molar-refractivity contribution >= 4 is 11.7 Å². The third-order valence-corrected chi connectivity index (χ3v) is 1.96. The van der Waals surface area contributed by atoms with E-state index in [0.717, 1.165) is 13.0 Å². The van der Waals surface area contributed by atoms with E-state index in [1.54, 1.807) is 0 Å². The van der Waals surface area contributed by atoms with Crippen LogP contribution in [0.5, 0.6) is 0 Å². The molecular weight excluding hydrogens is 190 g/mol. The zero-order chi connectivity index (χ0) is 11.9. The van der Waals surface area contributed by atoms with E-state index >= 15 is 0 Å². The molecule has 0 radical (unpaired) electrons. The molecule has 4 heteroatoms. The van der Waals surface area contributed by atoms with Gasteiger partial charge in [-0.25, -0.2) is 0 Å². The molecule has 0 aliphatic carbocycles. The van der Waals surface area contributed by atoms with Crippen LogP contribution in [-0.4, -0.2) is 24.8 Å². The van der Waals surface area contributed by atoms with Crippen molar-refractivity contribution in [2.75, 3.05) is 13.1 Å². The van der Waals surface area contributed by atoms with Crippen LogP contribution >= 0.6 is 0 Å². The smallest absolute Gasteiger partial charge is 0.221 e. The van der Waals surface area contributed by atoms with Crippen LogP contribution in [0.15, 0.2) is 4.99 Å². The Kier molecular flexibility index (Phi) is 5.97. The maximum Gasteiger partial charge on any atom is 0.221 e. The lowest BCUT2D eigenvalue weighted by atomic mass is 9.95. The first kappa shape index (κ1) is 13.9. The lowest BCUT2D eigenvalue weighted by molar-refractivity contribution is -0.120. The fourth-order valence-corrected chi connectivity index (χ4v) is 0.868. The van der Waals surface area contributed by atoms with Gasteiger partial charge in [-0.05, 0) is 6.42 Å². The summed E-state index contributed by atoms with van der Waals surface area (Å²) in [5, 5.41) is 2.80. The summed E-state index contributed by atoms with van der Waals surface area (Å²) in [5.74, 6) is 0.646. The zero-order valence-electron chi connectivity index (χ0n) is 10.3. The Labute approximate surface area is 92.3 Å². The molecule has 0 bridgehead atoms. The summed E-state index contributed by atoms with van der Waals surface area (Å²) < 4.78 is 0. The van der Waals surface area contributed by atoms with Crippen LogP contribution in [0.25, 0.3) is 0 Å². The number of carbonyl (C=O) groups excluding carboxylic acids is 1. The third kappa shape index (κ3) is 6.94. The number of aliphatic imine (C=N–C) groups is 1. The van der Waals surface area contributed by atoms with Gasteiger partial charge in [0.05, 0.1) is 5.84 Å². The maximum absolute atomic E-state index is 11.2. The van der Waals surface area contributed by atoms with Crippen LogP contribution in [0, 0.1) is 5.41 Å². The SMILES string of the molecule is CCCNC(=O)CCN=C(N)C(C)(C)C. The maximum atomic E-state index is 11.2. The Bertz CT molecular complexity index is 228. The Morgan fingerprint density at radius 1 is 1.40 bits per heavy atom. The predicted octanol–water partition coefficient (Wildman–Crippen LogP) is 1.31. The number of nitrogens with one attached hydrogen (secondary N) is 1. The van der Waals surface area contributed by atoms with Gasteiger partial charge in [0.25, 0.3) is 0 Å². The van der Waals surface area contributed by atoms with Crippen molar-refractivity contribution in [1.29, 1.82) is 0 Å². The number of rotatable bonds is 5. The fraction of sp³-hybridized carbons (Fsp3) is 0.818. The highest BCUT2D eigenvalue weighted by atomic mass is 16.1. The predicted molar refractivity (Wildman–Crippen MR) is 63.9 cm³/mol. The molecule has 0 atom stereocenters. The van der Waals surface area contributed by atoms with E-state index in [-0.39, 0.29) is 11.3 Å². The summed E-state index contributed by atoms with van der Waals surface area (Å²) in [6, 6.07) is 0. The quantitative estimate of drug-likeness (QED) is 0.534. The van der Waals surface area contributed by atoms with E-state index in [4.69, 9.17) is 5.73 Å². The molecule has 0 fully saturated rings. The molecular formula is C11H23N3O. The highest BCUT2D eigenvalue weighted by Crippen LogP contribution is 2.12. The van der Waals surface area contributed by atoms with Gasteiger partial charge >= 0.3 is 0 Å². The van der Waals surface area contributed by atoms with Crippen molar-refractivity contribution in [3.63, 3.8) is 0 Å². The lowest BCUT2D eigenvalue weighted by Gasteiger charge is -2.17.